The van der Waals surface area contributed by atoms with E-state index in [1.807, 2.05) is 18.5 Å². The van der Waals surface area contributed by atoms with Gasteiger partial charge in [0.15, 0.2) is 0 Å². The molecular weight excluding hydrogens is 234 g/mol. The predicted molar refractivity (Wildman–Crippen MR) is 75.9 cm³/mol. The zero-order valence-electron chi connectivity index (χ0n) is 11.3. The van der Waals surface area contributed by atoms with Crippen LogP contribution in [0.3, 0.4) is 0 Å². The first kappa shape index (κ1) is 11.4. The Balaban J connectivity index is 1.58. The van der Waals surface area contributed by atoms with Gasteiger partial charge in [-0.2, -0.15) is 0 Å². The summed E-state index contributed by atoms with van der Waals surface area (Å²) in [6.45, 7) is 0. The van der Waals surface area contributed by atoms with E-state index in [2.05, 4.69) is 9.97 Å². The molecule has 0 radical (unpaired) electrons. The number of H-pyrrole nitrogens is 1. The van der Waals surface area contributed by atoms with Gasteiger partial charge in [0.2, 0.25) is 0 Å². The van der Waals surface area contributed by atoms with Crippen LogP contribution in [0.1, 0.15) is 56.7 Å². The number of nitrogens with one attached hydrogen (secondary N) is 1. The summed E-state index contributed by atoms with van der Waals surface area (Å²) in [5.74, 6) is 3.81. The van der Waals surface area contributed by atoms with Crippen LogP contribution < -0.4 is 0 Å². The summed E-state index contributed by atoms with van der Waals surface area (Å²) >= 11 is 0. The molecule has 100 valence electrons. The van der Waals surface area contributed by atoms with E-state index in [-0.39, 0.29) is 0 Å². The normalized spacial score (nSPS) is 31.3. The summed E-state index contributed by atoms with van der Waals surface area (Å²) in [5.41, 5.74) is 2.15. The van der Waals surface area contributed by atoms with Gasteiger partial charge in [0, 0.05) is 12.1 Å². The lowest BCUT2D eigenvalue weighted by Crippen LogP contribution is -2.27. The fraction of sp³-hybridized carbons (Fsp3) is 0.625. The molecule has 2 saturated carbocycles. The van der Waals surface area contributed by atoms with Crippen LogP contribution in [0.2, 0.25) is 0 Å². The summed E-state index contributed by atoms with van der Waals surface area (Å²) in [7, 11) is 0. The van der Waals surface area contributed by atoms with Crippen LogP contribution in [0.5, 0.6) is 0 Å². The molecule has 2 aliphatic carbocycles. The largest absolute Gasteiger partial charge is 0.340 e. The number of nitrogens with zero attached hydrogens (tertiary/aromatic N) is 2. The van der Waals surface area contributed by atoms with Crippen molar-refractivity contribution in [2.45, 2.75) is 50.9 Å². The van der Waals surface area contributed by atoms with Crippen molar-refractivity contribution in [1.82, 2.24) is 15.0 Å². The smallest absolute Gasteiger partial charge is 0.110 e. The summed E-state index contributed by atoms with van der Waals surface area (Å²) in [6, 6.07) is 2.00. The maximum Gasteiger partial charge on any atom is 0.110 e. The maximum atomic E-state index is 4.78. The number of pyridine rings is 1. The highest BCUT2D eigenvalue weighted by Gasteiger charge is 2.33. The molecule has 4 rings (SSSR count). The Bertz CT molecular complexity index is 541. The lowest BCUT2D eigenvalue weighted by Gasteiger charge is -2.38. The second-order valence-electron chi connectivity index (χ2n) is 6.33. The fourth-order valence-electron chi connectivity index (χ4n) is 4.19. The van der Waals surface area contributed by atoms with Crippen LogP contribution >= 0.6 is 0 Å². The predicted octanol–water partition coefficient (Wildman–Crippen LogP) is 4.03. The Kier molecular flexibility index (Phi) is 2.78. The lowest BCUT2D eigenvalue weighted by molar-refractivity contribution is 0.153. The van der Waals surface area contributed by atoms with Crippen LogP contribution in [0.4, 0.5) is 0 Å². The Morgan fingerprint density at radius 1 is 1.05 bits per heavy atom. The highest BCUT2D eigenvalue weighted by Crippen LogP contribution is 2.45. The van der Waals surface area contributed by atoms with Crippen molar-refractivity contribution in [3.63, 3.8) is 0 Å². The second kappa shape index (κ2) is 4.62. The molecule has 0 amide bonds. The number of fused-ring (bicyclic) bond motifs is 2. The van der Waals surface area contributed by atoms with E-state index < -0.39 is 0 Å². The maximum absolute atomic E-state index is 4.78. The van der Waals surface area contributed by atoms with E-state index in [1.54, 1.807) is 0 Å². The van der Waals surface area contributed by atoms with Gasteiger partial charge in [-0.15, -0.1) is 0 Å². The molecule has 0 aliphatic heterocycles. The highest BCUT2D eigenvalue weighted by molar-refractivity contribution is 5.73. The summed E-state index contributed by atoms with van der Waals surface area (Å²) < 4.78 is 0. The lowest BCUT2D eigenvalue weighted by atomic mass is 9.67. The first-order chi connectivity index (χ1) is 9.40. The topological polar surface area (TPSA) is 41.6 Å². The molecule has 2 aromatic heterocycles. The molecule has 19 heavy (non-hydrogen) atoms. The zero-order chi connectivity index (χ0) is 12.7. The SMILES string of the molecule is c1cc2nc(C3CCC4CCCCC4C3)[nH]c2cn1. The van der Waals surface area contributed by atoms with Crippen LogP contribution in [-0.4, -0.2) is 15.0 Å². The average molecular weight is 255 g/mol. The number of hydrogen-bond acceptors (Lipinski definition) is 2. The first-order valence-corrected chi connectivity index (χ1v) is 7.70. The molecule has 2 fully saturated rings. The Hall–Kier alpha value is -1.38. The van der Waals surface area contributed by atoms with Crippen molar-refractivity contribution in [2.24, 2.45) is 11.8 Å². The van der Waals surface area contributed by atoms with E-state index in [0.29, 0.717) is 5.92 Å². The third-order valence-electron chi connectivity index (χ3n) is 5.23. The third-order valence-corrected chi connectivity index (χ3v) is 5.23. The average Bonchev–Trinajstić information content (AvgIpc) is 2.90. The molecule has 1 N–H and O–H groups in total. The fourth-order valence-corrected chi connectivity index (χ4v) is 4.19. The van der Waals surface area contributed by atoms with Gasteiger partial charge in [-0.05, 0) is 37.2 Å². The number of aromatic amines is 1. The number of rotatable bonds is 1. The zero-order valence-corrected chi connectivity index (χ0v) is 11.3. The highest BCUT2D eigenvalue weighted by atomic mass is 14.9. The third kappa shape index (κ3) is 2.05. The Labute approximate surface area is 113 Å². The van der Waals surface area contributed by atoms with Gasteiger partial charge in [-0.1, -0.05) is 25.7 Å². The Morgan fingerprint density at radius 2 is 1.95 bits per heavy atom. The van der Waals surface area contributed by atoms with Gasteiger partial charge in [0.25, 0.3) is 0 Å². The molecule has 3 nitrogen and oxygen atoms in total. The van der Waals surface area contributed by atoms with E-state index >= 15 is 0 Å². The summed E-state index contributed by atoms with van der Waals surface area (Å²) in [4.78, 5) is 12.4. The number of hydrogen-bond donors (Lipinski definition) is 1. The summed E-state index contributed by atoms with van der Waals surface area (Å²) in [5, 5.41) is 0. The molecule has 2 aliphatic rings. The number of imidazole rings is 1. The van der Waals surface area contributed by atoms with Crippen molar-refractivity contribution >= 4 is 11.0 Å². The van der Waals surface area contributed by atoms with Crippen molar-refractivity contribution in [2.75, 3.05) is 0 Å². The van der Waals surface area contributed by atoms with E-state index in [9.17, 15) is 0 Å². The van der Waals surface area contributed by atoms with Gasteiger partial charge >= 0.3 is 0 Å². The van der Waals surface area contributed by atoms with Gasteiger partial charge in [-0.25, -0.2) is 4.98 Å². The molecule has 0 spiro atoms. The van der Waals surface area contributed by atoms with Gasteiger partial charge < -0.3 is 4.98 Å². The van der Waals surface area contributed by atoms with Crippen molar-refractivity contribution in [1.29, 1.82) is 0 Å². The minimum Gasteiger partial charge on any atom is -0.340 e. The standard InChI is InChI=1S/C16H21N3/c1-2-4-12-9-13(6-5-11(12)3-1)16-18-14-7-8-17-10-15(14)19-16/h7-8,10-13H,1-6,9H2,(H,18,19). The monoisotopic (exact) mass is 255 g/mol. The van der Waals surface area contributed by atoms with Crippen LogP contribution in [0, 0.1) is 11.8 Å². The molecule has 0 aromatic carbocycles. The van der Waals surface area contributed by atoms with Gasteiger partial charge in [-0.3, -0.25) is 4.98 Å². The van der Waals surface area contributed by atoms with Crippen LogP contribution in [0.15, 0.2) is 18.5 Å². The minimum atomic E-state index is 0.645. The van der Waals surface area contributed by atoms with E-state index in [4.69, 9.17) is 4.98 Å². The van der Waals surface area contributed by atoms with Gasteiger partial charge in [0.1, 0.15) is 5.82 Å². The molecule has 0 saturated heterocycles. The molecule has 2 aromatic rings. The molecular formula is C16H21N3. The van der Waals surface area contributed by atoms with Crippen LogP contribution in [-0.2, 0) is 0 Å². The van der Waals surface area contributed by atoms with E-state index in [0.717, 1.165) is 22.9 Å². The van der Waals surface area contributed by atoms with Crippen molar-refractivity contribution in [3.8, 4) is 0 Å². The molecule has 3 heteroatoms. The van der Waals surface area contributed by atoms with E-state index in [1.165, 1.54) is 50.8 Å². The number of aromatic nitrogens is 3. The van der Waals surface area contributed by atoms with Crippen molar-refractivity contribution in [3.05, 3.63) is 24.3 Å². The summed E-state index contributed by atoms with van der Waals surface area (Å²) in [6.07, 6.45) is 13.6. The molecule has 3 atom stereocenters. The molecule has 0 bridgehead atoms. The quantitative estimate of drug-likeness (QED) is 0.835. The van der Waals surface area contributed by atoms with Crippen molar-refractivity contribution < 1.29 is 0 Å². The Morgan fingerprint density at radius 3 is 2.84 bits per heavy atom. The second-order valence-corrected chi connectivity index (χ2v) is 6.33. The molecule has 3 unspecified atom stereocenters. The van der Waals surface area contributed by atoms with Crippen LogP contribution in [0.25, 0.3) is 11.0 Å². The molecule has 2 heterocycles. The minimum absolute atomic E-state index is 0.645. The first-order valence-electron chi connectivity index (χ1n) is 7.70. The van der Waals surface area contributed by atoms with Gasteiger partial charge in [0.05, 0.1) is 17.2 Å².